The van der Waals surface area contributed by atoms with Gasteiger partial charge in [0.2, 0.25) is 5.91 Å². The van der Waals surface area contributed by atoms with Crippen molar-refractivity contribution in [3.05, 3.63) is 0 Å². The van der Waals surface area contributed by atoms with E-state index in [0.717, 1.165) is 38.2 Å². The number of rotatable bonds is 6. The van der Waals surface area contributed by atoms with Gasteiger partial charge in [-0.25, -0.2) is 0 Å². The summed E-state index contributed by atoms with van der Waals surface area (Å²) in [7, 11) is 1.82. The van der Waals surface area contributed by atoms with Gasteiger partial charge >= 0.3 is 0 Å². The zero-order valence-electron chi connectivity index (χ0n) is 10.7. The van der Waals surface area contributed by atoms with E-state index < -0.39 is 5.54 Å². The summed E-state index contributed by atoms with van der Waals surface area (Å²) in [5.41, 5.74) is 4.97. The fourth-order valence-electron chi connectivity index (χ4n) is 2.75. The molecule has 2 atom stereocenters. The van der Waals surface area contributed by atoms with Crippen molar-refractivity contribution in [1.82, 2.24) is 5.32 Å². The molecule has 2 aliphatic carbocycles. The summed E-state index contributed by atoms with van der Waals surface area (Å²) < 4.78 is 5.89. The van der Waals surface area contributed by atoms with Crippen LogP contribution in [-0.2, 0) is 9.53 Å². The van der Waals surface area contributed by atoms with Crippen LogP contribution in [-0.4, -0.2) is 31.2 Å². The van der Waals surface area contributed by atoms with Crippen molar-refractivity contribution in [1.29, 1.82) is 0 Å². The van der Waals surface area contributed by atoms with E-state index in [2.05, 4.69) is 5.32 Å². The molecule has 2 rings (SSSR count). The predicted octanol–water partition coefficient (Wildman–Crippen LogP) is 1.19. The van der Waals surface area contributed by atoms with Gasteiger partial charge in [0, 0.05) is 13.0 Å². The molecule has 2 unspecified atom stereocenters. The van der Waals surface area contributed by atoms with Crippen molar-refractivity contribution >= 4 is 5.91 Å². The van der Waals surface area contributed by atoms with Crippen molar-refractivity contribution in [2.24, 2.45) is 11.7 Å². The van der Waals surface area contributed by atoms with Gasteiger partial charge in [-0.15, -0.1) is 0 Å². The van der Waals surface area contributed by atoms with Gasteiger partial charge in [-0.2, -0.15) is 0 Å². The topological polar surface area (TPSA) is 64.3 Å². The van der Waals surface area contributed by atoms with E-state index in [1.165, 1.54) is 19.3 Å². The molecule has 0 saturated heterocycles. The Labute approximate surface area is 103 Å². The Morgan fingerprint density at radius 2 is 2.24 bits per heavy atom. The third-order valence-corrected chi connectivity index (χ3v) is 4.23. The second kappa shape index (κ2) is 5.36. The first-order valence-electron chi connectivity index (χ1n) is 6.77. The first-order chi connectivity index (χ1) is 8.16. The monoisotopic (exact) mass is 240 g/mol. The van der Waals surface area contributed by atoms with E-state index in [1.54, 1.807) is 0 Å². The smallest absolute Gasteiger partial charge is 0.237 e. The first-order valence-corrected chi connectivity index (χ1v) is 6.77. The van der Waals surface area contributed by atoms with Gasteiger partial charge < -0.3 is 15.8 Å². The van der Waals surface area contributed by atoms with Gasteiger partial charge in [-0.05, 0) is 38.6 Å². The molecule has 0 aliphatic heterocycles. The van der Waals surface area contributed by atoms with Crippen LogP contribution >= 0.6 is 0 Å². The molecule has 2 saturated carbocycles. The van der Waals surface area contributed by atoms with Gasteiger partial charge in [0.1, 0.15) is 0 Å². The third kappa shape index (κ3) is 3.19. The molecule has 2 aliphatic rings. The normalized spacial score (nSPS) is 33.6. The largest absolute Gasteiger partial charge is 0.378 e. The van der Waals surface area contributed by atoms with E-state index in [1.807, 2.05) is 7.05 Å². The summed E-state index contributed by atoms with van der Waals surface area (Å²) in [6.45, 7) is 0.841. The molecule has 3 N–H and O–H groups in total. The third-order valence-electron chi connectivity index (χ3n) is 4.23. The average Bonchev–Trinajstić information content (AvgIpc) is 3.13. The standard InChI is InChI=1S/C13H24N2O2/c1-15-13(12(14)16)7-2-3-11(9-13)17-8-6-10-4-5-10/h10-11,15H,2-9H2,1H3,(H2,14,16). The maximum atomic E-state index is 11.5. The van der Waals surface area contributed by atoms with E-state index in [0.29, 0.717) is 0 Å². The lowest BCUT2D eigenvalue weighted by atomic mass is 9.79. The molecule has 0 heterocycles. The van der Waals surface area contributed by atoms with Crippen LogP contribution in [0.2, 0.25) is 0 Å². The maximum absolute atomic E-state index is 11.5. The number of nitrogens with one attached hydrogen (secondary N) is 1. The van der Waals surface area contributed by atoms with Crippen molar-refractivity contribution in [3.8, 4) is 0 Å². The van der Waals surface area contributed by atoms with E-state index in [-0.39, 0.29) is 12.0 Å². The summed E-state index contributed by atoms with van der Waals surface area (Å²) >= 11 is 0. The Balaban J connectivity index is 1.80. The van der Waals surface area contributed by atoms with Gasteiger partial charge in [0.25, 0.3) is 0 Å². The highest BCUT2D eigenvalue weighted by molar-refractivity contribution is 5.84. The SMILES string of the molecule is CNC1(C(N)=O)CCCC(OCCC2CC2)C1. The summed E-state index contributed by atoms with van der Waals surface area (Å²) in [6.07, 6.45) is 7.75. The number of primary amides is 1. The summed E-state index contributed by atoms with van der Waals surface area (Å²) in [4.78, 5) is 11.5. The molecule has 4 heteroatoms. The quantitative estimate of drug-likeness (QED) is 0.733. The lowest BCUT2D eigenvalue weighted by Crippen LogP contribution is -2.57. The predicted molar refractivity (Wildman–Crippen MR) is 66.5 cm³/mol. The molecular weight excluding hydrogens is 216 g/mol. The van der Waals surface area contributed by atoms with Crippen LogP contribution in [0.25, 0.3) is 0 Å². The molecule has 98 valence electrons. The Morgan fingerprint density at radius 1 is 1.47 bits per heavy atom. The number of nitrogens with two attached hydrogens (primary N) is 1. The number of likely N-dealkylation sites (N-methyl/N-ethyl adjacent to an activating group) is 1. The van der Waals surface area contributed by atoms with Crippen LogP contribution in [0.5, 0.6) is 0 Å². The molecular formula is C13H24N2O2. The first kappa shape index (κ1) is 12.8. The Bertz CT molecular complexity index is 279. The van der Waals surface area contributed by atoms with Crippen molar-refractivity contribution in [2.75, 3.05) is 13.7 Å². The van der Waals surface area contributed by atoms with Crippen molar-refractivity contribution in [3.63, 3.8) is 0 Å². The second-order valence-electron chi connectivity index (χ2n) is 5.52. The molecule has 0 aromatic heterocycles. The minimum absolute atomic E-state index is 0.197. The van der Waals surface area contributed by atoms with Gasteiger partial charge in [0.15, 0.2) is 0 Å². The number of amides is 1. The number of carbonyl (C=O) groups is 1. The van der Waals surface area contributed by atoms with Crippen LogP contribution in [0, 0.1) is 5.92 Å². The molecule has 0 aromatic carbocycles. The molecule has 4 nitrogen and oxygen atoms in total. The molecule has 0 aromatic rings. The van der Waals surface area contributed by atoms with E-state index in [9.17, 15) is 4.79 Å². The van der Waals surface area contributed by atoms with Gasteiger partial charge in [-0.1, -0.05) is 12.8 Å². The van der Waals surface area contributed by atoms with Crippen LogP contribution in [0.3, 0.4) is 0 Å². The highest BCUT2D eigenvalue weighted by atomic mass is 16.5. The summed E-state index contributed by atoms with van der Waals surface area (Å²) in [5.74, 6) is 0.666. The molecule has 1 amide bonds. The Kier molecular flexibility index (Phi) is 4.05. The van der Waals surface area contributed by atoms with Crippen LogP contribution in [0.1, 0.15) is 44.9 Å². The highest BCUT2D eigenvalue weighted by Gasteiger charge is 2.40. The minimum atomic E-state index is -0.539. The van der Waals surface area contributed by atoms with Gasteiger partial charge in [-0.3, -0.25) is 4.79 Å². The van der Waals surface area contributed by atoms with Gasteiger partial charge in [0.05, 0.1) is 11.6 Å². The summed E-state index contributed by atoms with van der Waals surface area (Å²) in [6, 6.07) is 0. The second-order valence-corrected chi connectivity index (χ2v) is 5.52. The molecule has 2 fully saturated rings. The minimum Gasteiger partial charge on any atom is -0.378 e. The van der Waals surface area contributed by atoms with Crippen molar-refractivity contribution in [2.45, 2.75) is 56.6 Å². The lowest BCUT2D eigenvalue weighted by molar-refractivity contribution is -0.128. The van der Waals surface area contributed by atoms with Crippen molar-refractivity contribution < 1.29 is 9.53 Å². The molecule has 0 bridgehead atoms. The summed E-state index contributed by atoms with van der Waals surface area (Å²) in [5, 5.41) is 3.10. The van der Waals surface area contributed by atoms with Crippen LogP contribution in [0.4, 0.5) is 0 Å². The zero-order chi connectivity index (χ0) is 12.3. The van der Waals surface area contributed by atoms with E-state index >= 15 is 0 Å². The highest BCUT2D eigenvalue weighted by Crippen LogP contribution is 2.34. The fraction of sp³-hybridized carbons (Fsp3) is 0.923. The molecule has 17 heavy (non-hydrogen) atoms. The number of hydrogen-bond donors (Lipinski definition) is 2. The van der Waals surface area contributed by atoms with Crippen LogP contribution in [0.15, 0.2) is 0 Å². The average molecular weight is 240 g/mol. The van der Waals surface area contributed by atoms with E-state index in [4.69, 9.17) is 10.5 Å². The number of ether oxygens (including phenoxy) is 1. The molecule has 0 spiro atoms. The lowest BCUT2D eigenvalue weighted by Gasteiger charge is -2.38. The zero-order valence-corrected chi connectivity index (χ0v) is 10.7. The Hall–Kier alpha value is -0.610. The molecule has 0 radical (unpaired) electrons. The number of hydrogen-bond acceptors (Lipinski definition) is 3. The fourth-order valence-corrected chi connectivity index (χ4v) is 2.75. The number of carbonyl (C=O) groups excluding carboxylic acids is 1. The van der Waals surface area contributed by atoms with Crippen LogP contribution < -0.4 is 11.1 Å². The Morgan fingerprint density at radius 3 is 2.82 bits per heavy atom. The maximum Gasteiger partial charge on any atom is 0.237 e.